The van der Waals surface area contributed by atoms with Gasteiger partial charge < -0.3 is 9.63 Å². The molecule has 3 rings (SSSR count). The zero-order valence-corrected chi connectivity index (χ0v) is 10.1. The highest BCUT2D eigenvalue weighted by Gasteiger charge is 2.22. The third-order valence-corrected chi connectivity index (χ3v) is 3.54. The Kier molecular flexibility index (Phi) is 2.92. The molecule has 5 nitrogen and oxygen atoms in total. The maximum atomic E-state index is 9.43. The van der Waals surface area contributed by atoms with Crippen LogP contribution in [0.3, 0.4) is 0 Å². The van der Waals surface area contributed by atoms with Crippen molar-refractivity contribution in [2.24, 2.45) is 0 Å². The van der Waals surface area contributed by atoms with E-state index >= 15 is 0 Å². The Morgan fingerprint density at radius 3 is 3.24 bits per heavy atom. The van der Waals surface area contributed by atoms with Gasteiger partial charge in [0.15, 0.2) is 0 Å². The van der Waals surface area contributed by atoms with Gasteiger partial charge in [0.1, 0.15) is 0 Å². The fourth-order valence-corrected chi connectivity index (χ4v) is 2.61. The van der Waals surface area contributed by atoms with Crippen LogP contribution in [0.15, 0.2) is 21.3 Å². The number of likely N-dealkylation sites (tertiary alicyclic amines) is 1. The molecule has 17 heavy (non-hydrogen) atoms. The first kappa shape index (κ1) is 10.9. The number of hydrogen-bond donors (Lipinski definition) is 1. The van der Waals surface area contributed by atoms with Crippen LogP contribution in [0.4, 0.5) is 0 Å². The van der Waals surface area contributed by atoms with E-state index in [-0.39, 0.29) is 6.10 Å². The molecule has 0 radical (unpaired) electrons. The first-order valence-corrected chi connectivity index (χ1v) is 6.51. The Balaban J connectivity index is 1.69. The van der Waals surface area contributed by atoms with Gasteiger partial charge in [-0.2, -0.15) is 16.3 Å². The lowest BCUT2D eigenvalue weighted by Crippen LogP contribution is -2.21. The molecule has 1 N–H and O–H groups in total. The number of aliphatic hydroxyl groups is 1. The van der Waals surface area contributed by atoms with Gasteiger partial charge in [-0.05, 0) is 17.9 Å². The van der Waals surface area contributed by atoms with Crippen molar-refractivity contribution in [1.29, 1.82) is 0 Å². The fraction of sp³-hybridized carbons (Fsp3) is 0.455. The van der Waals surface area contributed by atoms with E-state index in [1.807, 2.05) is 16.8 Å². The molecule has 6 heteroatoms. The van der Waals surface area contributed by atoms with E-state index in [4.69, 9.17) is 4.52 Å². The van der Waals surface area contributed by atoms with Gasteiger partial charge in [0.25, 0.3) is 0 Å². The number of thiophene rings is 1. The van der Waals surface area contributed by atoms with E-state index in [0.717, 1.165) is 18.5 Å². The van der Waals surface area contributed by atoms with Crippen LogP contribution in [-0.4, -0.2) is 39.3 Å². The summed E-state index contributed by atoms with van der Waals surface area (Å²) < 4.78 is 5.21. The second-order valence-corrected chi connectivity index (χ2v) is 4.98. The Hall–Kier alpha value is -1.24. The van der Waals surface area contributed by atoms with Gasteiger partial charge in [-0.15, -0.1) is 0 Å². The third kappa shape index (κ3) is 2.38. The Bertz CT molecular complexity index is 483. The molecular formula is C11H13N3O2S. The molecule has 2 aromatic rings. The summed E-state index contributed by atoms with van der Waals surface area (Å²) in [6.45, 7) is 2.20. The minimum absolute atomic E-state index is 0.214. The summed E-state index contributed by atoms with van der Waals surface area (Å²) >= 11 is 1.61. The highest BCUT2D eigenvalue weighted by molar-refractivity contribution is 7.08. The van der Waals surface area contributed by atoms with Crippen LogP contribution < -0.4 is 0 Å². The molecular weight excluding hydrogens is 238 g/mol. The standard InChI is InChI=1S/C11H13N3O2S/c15-9-1-3-14(5-9)6-10-12-11(13-16-10)8-2-4-17-7-8/h2,4,7,9,15H,1,3,5-6H2. The second kappa shape index (κ2) is 4.56. The van der Waals surface area contributed by atoms with E-state index in [2.05, 4.69) is 15.0 Å². The average Bonchev–Trinajstić information content (AvgIpc) is 3.00. The Morgan fingerprint density at radius 1 is 1.59 bits per heavy atom. The Labute approximate surface area is 103 Å². The van der Waals surface area contributed by atoms with E-state index < -0.39 is 0 Å². The molecule has 2 aromatic heterocycles. The van der Waals surface area contributed by atoms with Crippen LogP contribution in [-0.2, 0) is 6.54 Å². The van der Waals surface area contributed by atoms with Gasteiger partial charge in [-0.3, -0.25) is 4.90 Å². The lowest BCUT2D eigenvalue weighted by molar-refractivity contribution is 0.169. The molecule has 3 heterocycles. The lowest BCUT2D eigenvalue weighted by Gasteiger charge is -2.10. The van der Waals surface area contributed by atoms with E-state index in [9.17, 15) is 5.11 Å². The normalized spacial score (nSPS) is 21.1. The summed E-state index contributed by atoms with van der Waals surface area (Å²) in [4.78, 5) is 6.47. The van der Waals surface area contributed by atoms with Crippen LogP contribution >= 0.6 is 11.3 Å². The van der Waals surface area contributed by atoms with Gasteiger partial charge in [-0.25, -0.2) is 0 Å². The van der Waals surface area contributed by atoms with Crippen molar-refractivity contribution >= 4 is 11.3 Å². The average molecular weight is 251 g/mol. The summed E-state index contributed by atoms with van der Waals surface area (Å²) in [6, 6.07) is 1.97. The quantitative estimate of drug-likeness (QED) is 0.892. The molecule has 0 saturated carbocycles. The van der Waals surface area contributed by atoms with Crippen LogP contribution in [0.1, 0.15) is 12.3 Å². The highest BCUT2D eigenvalue weighted by Crippen LogP contribution is 2.19. The predicted octanol–water partition coefficient (Wildman–Crippen LogP) is 1.36. The molecule has 1 fully saturated rings. The van der Waals surface area contributed by atoms with Crippen molar-refractivity contribution in [2.75, 3.05) is 13.1 Å². The summed E-state index contributed by atoms with van der Waals surface area (Å²) in [5.41, 5.74) is 0.992. The van der Waals surface area contributed by atoms with Crippen molar-refractivity contribution in [3.63, 3.8) is 0 Å². The lowest BCUT2D eigenvalue weighted by atomic mass is 10.3. The van der Waals surface area contributed by atoms with Crippen LogP contribution in [0.25, 0.3) is 11.4 Å². The topological polar surface area (TPSA) is 62.4 Å². The Morgan fingerprint density at radius 2 is 2.53 bits per heavy atom. The SMILES string of the molecule is OC1CCN(Cc2nc(-c3ccsc3)no2)C1. The molecule has 1 atom stereocenters. The van der Waals surface area contributed by atoms with Gasteiger partial charge in [0, 0.05) is 24.0 Å². The van der Waals surface area contributed by atoms with E-state index in [1.165, 1.54) is 0 Å². The first-order chi connectivity index (χ1) is 8.31. The van der Waals surface area contributed by atoms with Crippen molar-refractivity contribution in [3.8, 4) is 11.4 Å². The van der Waals surface area contributed by atoms with Gasteiger partial charge >= 0.3 is 0 Å². The van der Waals surface area contributed by atoms with Crippen molar-refractivity contribution in [3.05, 3.63) is 22.7 Å². The summed E-state index contributed by atoms with van der Waals surface area (Å²) in [7, 11) is 0. The van der Waals surface area contributed by atoms with E-state index in [0.29, 0.717) is 24.8 Å². The maximum Gasteiger partial charge on any atom is 0.241 e. The van der Waals surface area contributed by atoms with E-state index in [1.54, 1.807) is 11.3 Å². The molecule has 0 spiro atoms. The molecule has 90 valence electrons. The number of rotatable bonds is 3. The second-order valence-electron chi connectivity index (χ2n) is 4.20. The summed E-state index contributed by atoms with van der Waals surface area (Å²) in [5, 5.41) is 17.4. The zero-order chi connectivity index (χ0) is 11.7. The first-order valence-electron chi connectivity index (χ1n) is 5.57. The summed E-state index contributed by atoms with van der Waals surface area (Å²) in [6.07, 6.45) is 0.611. The monoisotopic (exact) mass is 251 g/mol. The van der Waals surface area contributed by atoms with Gasteiger partial charge in [-0.1, -0.05) is 5.16 Å². The maximum absolute atomic E-state index is 9.43. The molecule has 1 unspecified atom stereocenters. The number of aliphatic hydroxyl groups excluding tert-OH is 1. The third-order valence-electron chi connectivity index (χ3n) is 2.85. The summed E-state index contributed by atoms with van der Waals surface area (Å²) in [5.74, 6) is 1.25. The number of aromatic nitrogens is 2. The minimum atomic E-state index is -0.214. The number of hydrogen-bond acceptors (Lipinski definition) is 6. The van der Waals surface area contributed by atoms with Crippen molar-refractivity contribution in [1.82, 2.24) is 15.0 Å². The molecule has 0 amide bonds. The molecule has 1 aliphatic rings. The highest BCUT2D eigenvalue weighted by atomic mass is 32.1. The number of β-amino-alcohol motifs (C(OH)–C–C–N with tert-alkyl or cyclic N) is 1. The minimum Gasteiger partial charge on any atom is -0.392 e. The molecule has 1 saturated heterocycles. The zero-order valence-electron chi connectivity index (χ0n) is 9.24. The molecule has 0 aromatic carbocycles. The van der Waals surface area contributed by atoms with Crippen LogP contribution in [0.5, 0.6) is 0 Å². The van der Waals surface area contributed by atoms with Crippen molar-refractivity contribution in [2.45, 2.75) is 19.1 Å². The number of nitrogens with zero attached hydrogens (tertiary/aromatic N) is 3. The molecule has 0 bridgehead atoms. The van der Waals surface area contributed by atoms with Gasteiger partial charge in [0.2, 0.25) is 11.7 Å². The van der Waals surface area contributed by atoms with Crippen LogP contribution in [0, 0.1) is 0 Å². The fourth-order valence-electron chi connectivity index (χ4n) is 1.98. The smallest absolute Gasteiger partial charge is 0.241 e. The molecule has 0 aliphatic carbocycles. The molecule has 1 aliphatic heterocycles. The predicted molar refractivity (Wildman–Crippen MR) is 63.5 cm³/mol. The van der Waals surface area contributed by atoms with Crippen LogP contribution in [0.2, 0.25) is 0 Å². The van der Waals surface area contributed by atoms with Crippen molar-refractivity contribution < 1.29 is 9.63 Å². The largest absolute Gasteiger partial charge is 0.392 e. The van der Waals surface area contributed by atoms with Gasteiger partial charge in [0.05, 0.1) is 12.6 Å².